The van der Waals surface area contributed by atoms with Crippen molar-refractivity contribution >= 4 is 34.8 Å². The van der Waals surface area contributed by atoms with E-state index in [1.807, 2.05) is 12.1 Å². The molecule has 1 aliphatic rings. The molecular formula is C15H15Cl2N3O2. The zero-order chi connectivity index (χ0) is 15.5. The first-order valence-corrected chi connectivity index (χ1v) is 7.76. The van der Waals surface area contributed by atoms with E-state index in [1.54, 1.807) is 12.1 Å². The standard InChI is InChI=1S/C15H15Cl2N3O2/c16-10-1-2-14(13(17)7-10)20-5-3-12(9-20)18-15(21)8-11-4-6-22-19-11/h1-2,4,6-7,12H,3,5,8-9H2,(H,18,21)/t12-/m0/s1. The summed E-state index contributed by atoms with van der Waals surface area (Å²) in [7, 11) is 0. The molecule has 0 aliphatic carbocycles. The SMILES string of the molecule is O=C(Cc1ccon1)N[C@H]1CCN(c2ccc(Cl)cc2Cl)C1. The molecule has 1 aliphatic heterocycles. The highest BCUT2D eigenvalue weighted by Crippen LogP contribution is 2.31. The van der Waals surface area contributed by atoms with Crippen LogP contribution in [0.4, 0.5) is 5.69 Å². The monoisotopic (exact) mass is 339 g/mol. The molecule has 1 aromatic carbocycles. The molecule has 1 aromatic heterocycles. The summed E-state index contributed by atoms with van der Waals surface area (Å²) in [6.45, 7) is 1.57. The maximum atomic E-state index is 12.0. The zero-order valence-electron chi connectivity index (χ0n) is 11.8. The second-order valence-electron chi connectivity index (χ2n) is 5.26. The number of hydrogen-bond acceptors (Lipinski definition) is 4. The Kier molecular flexibility index (Phi) is 4.55. The van der Waals surface area contributed by atoms with Gasteiger partial charge in [-0.25, -0.2) is 0 Å². The van der Waals surface area contributed by atoms with E-state index < -0.39 is 0 Å². The first kappa shape index (κ1) is 15.2. The van der Waals surface area contributed by atoms with Crippen molar-refractivity contribution in [3.8, 4) is 0 Å². The maximum absolute atomic E-state index is 12.0. The van der Waals surface area contributed by atoms with Gasteiger partial charge in [-0.2, -0.15) is 0 Å². The largest absolute Gasteiger partial charge is 0.368 e. The van der Waals surface area contributed by atoms with Crippen LogP contribution in [0.15, 0.2) is 35.1 Å². The third kappa shape index (κ3) is 3.54. The minimum Gasteiger partial charge on any atom is -0.368 e. The smallest absolute Gasteiger partial charge is 0.226 e. The van der Waals surface area contributed by atoms with Gasteiger partial charge in [0.2, 0.25) is 5.91 Å². The Hall–Kier alpha value is -1.72. The minimum absolute atomic E-state index is 0.0528. The summed E-state index contributed by atoms with van der Waals surface area (Å²) < 4.78 is 4.72. The van der Waals surface area contributed by atoms with Gasteiger partial charge >= 0.3 is 0 Å². The molecule has 1 atom stereocenters. The Labute approximate surface area is 138 Å². The summed E-state index contributed by atoms with van der Waals surface area (Å²) in [6, 6.07) is 7.25. The number of carbonyl (C=O) groups excluding carboxylic acids is 1. The summed E-state index contributed by atoms with van der Waals surface area (Å²) in [5.74, 6) is -0.0528. The molecule has 0 saturated carbocycles. The first-order valence-electron chi connectivity index (χ1n) is 7.00. The molecule has 0 spiro atoms. The number of amides is 1. The van der Waals surface area contributed by atoms with Crippen molar-refractivity contribution in [2.75, 3.05) is 18.0 Å². The van der Waals surface area contributed by atoms with Gasteiger partial charge in [-0.05, 0) is 24.6 Å². The van der Waals surface area contributed by atoms with Crippen LogP contribution in [0.5, 0.6) is 0 Å². The quantitative estimate of drug-likeness (QED) is 0.930. The van der Waals surface area contributed by atoms with Crippen molar-refractivity contribution < 1.29 is 9.32 Å². The number of nitrogens with one attached hydrogen (secondary N) is 1. The van der Waals surface area contributed by atoms with Gasteiger partial charge < -0.3 is 14.7 Å². The number of carbonyl (C=O) groups is 1. The third-order valence-corrected chi connectivity index (χ3v) is 4.17. The molecule has 0 radical (unpaired) electrons. The van der Waals surface area contributed by atoms with Crippen molar-refractivity contribution in [3.05, 3.63) is 46.3 Å². The number of nitrogens with zero attached hydrogens (tertiary/aromatic N) is 2. The molecule has 2 aromatic rings. The topological polar surface area (TPSA) is 58.4 Å². The van der Waals surface area contributed by atoms with Gasteiger partial charge in [0, 0.05) is 30.2 Å². The fourth-order valence-corrected chi connectivity index (χ4v) is 3.13. The lowest BCUT2D eigenvalue weighted by atomic mass is 10.2. The lowest BCUT2D eigenvalue weighted by Crippen LogP contribution is -2.38. The van der Waals surface area contributed by atoms with Crippen LogP contribution in [0.2, 0.25) is 10.0 Å². The van der Waals surface area contributed by atoms with Crippen LogP contribution in [0.25, 0.3) is 0 Å². The van der Waals surface area contributed by atoms with Crippen molar-refractivity contribution in [3.63, 3.8) is 0 Å². The normalized spacial score (nSPS) is 17.7. The van der Waals surface area contributed by atoms with E-state index in [4.69, 9.17) is 27.7 Å². The van der Waals surface area contributed by atoms with Crippen LogP contribution in [0, 0.1) is 0 Å². The second-order valence-corrected chi connectivity index (χ2v) is 6.11. The Balaban J connectivity index is 1.57. The molecule has 2 heterocycles. The van der Waals surface area contributed by atoms with Crippen molar-refractivity contribution in [2.45, 2.75) is 18.9 Å². The molecule has 7 heteroatoms. The maximum Gasteiger partial charge on any atom is 0.226 e. The molecule has 1 amide bonds. The Morgan fingerprint density at radius 1 is 1.41 bits per heavy atom. The van der Waals surface area contributed by atoms with Crippen LogP contribution >= 0.6 is 23.2 Å². The number of benzene rings is 1. The highest BCUT2D eigenvalue weighted by molar-refractivity contribution is 6.36. The van der Waals surface area contributed by atoms with Crippen molar-refractivity contribution in [1.29, 1.82) is 0 Å². The molecule has 3 rings (SSSR count). The van der Waals surface area contributed by atoms with E-state index in [0.29, 0.717) is 15.7 Å². The van der Waals surface area contributed by atoms with Gasteiger partial charge in [-0.15, -0.1) is 0 Å². The van der Waals surface area contributed by atoms with Crippen molar-refractivity contribution in [2.24, 2.45) is 0 Å². The highest BCUT2D eigenvalue weighted by atomic mass is 35.5. The molecule has 22 heavy (non-hydrogen) atoms. The van der Waals surface area contributed by atoms with Gasteiger partial charge in [-0.3, -0.25) is 4.79 Å². The van der Waals surface area contributed by atoms with Gasteiger partial charge in [-0.1, -0.05) is 28.4 Å². The number of halogens is 2. The van der Waals surface area contributed by atoms with Gasteiger partial charge in [0.1, 0.15) is 6.26 Å². The third-order valence-electron chi connectivity index (χ3n) is 3.64. The molecule has 1 saturated heterocycles. The number of hydrogen-bond donors (Lipinski definition) is 1. The minimum atomic E-state index is -0.0528. The molecule has 1 fully saturated rings. The molecule has 116 valence electrons. The number of rotatable bonds is 4. The summed E-state index contributed by atoms with van der Waals surface area (Å²) in [4.78, 5) is 14.1. The van der Waals surface area contributed by atoms with E-state index in [2.05, 4.69) is 15.4 Å². The number of aromatic nitrogens is 1. The van der Waals surface area contributed by atoms with Crippen LogP contribution in [-0.2, 0) is 11.2 Å². The average molecular weight is 340 g/mol. The highest BCUT2D eigenvalue weighted by Gasteiger charge is 2.25. The predicted molar refractivity (Wildman–Crippen MR) is 85.4 cm³/mol. The lowest BCUT2D eigenvalue weighted by molar-refractivity contribution is -0.121. The van der Waals surface area contributed by atoms with E-state index in [0.717, 1.165) is 25.2 Å². The summed E-state index contributed by atoms with van der Waals surface area (Å²) >= 11 is 12.1. The molecule has 5 nitrogen and oxygen atoms in total. The van der Waals surface area contributed by atoms with Crippen LogP contribution in [0.1, 0.15) is 12.1 Å². The van der Waals surface area contributed by atoms with Crippen molar-refractivity contribution in [1.82, 2.24) is 10.5 Å². The molecule has 0 unspecified atom stereocenters. The molecular weight excluding hydrogens is 325 g/mol. The zero-order valence-corrected chi connectivity index (χ0v) is 13.3. The fourth-order valence-electron chi connectivity index (χ4n) is 2.61. The van der Waals surface area contributed by atoms with Crippen LogP contribution in [0.3, 0.4) is 0 Å². The predicted octanol–water partition coefficient (Wildman–Crippen LogP) is 2.92. The van der Waals surface area contributed by atoms with E-state index >= 15 is 0 Å². The Morgan fingerprint density at radius 2 is 2.27 bits per heavy atom. The summed E-state index contributed by atoms with van der Waals surface area (Å²) in [6.07, 6.45) is 2.57. The second kappa shape index (κ2) is 6.58. The van der Waals surface area contributed by atoms with E-state index in [1.165, 1.54) is 6.26 Å². The van der Waals surface area contributed by atoms with Crippen LogP contribution in [-0.4, -0.2) is 30.2 Å². The van der Waals surface area contributed by atoms with Gasteiger partial charge in [0.05, 0.1) is 22.8 Å². The first-order chi connectivity index (χ1) is 10.6. The fraction of sp³-hybridized carbons (Fsp3) is 0.333. The lowest BCUT2D eigenvalue weighted by Gasteiger charge is -2.20. The van der Waals surface area contributed by atoms with E-state index in [9.17, 15) is 4.79 Å². The molecule has 1 N–H and O–H groups in total. The Bertz CT molecular complexity index is 661. The van der Waals surface area contributed by atoms with Gasteiger partial charge in [0.15, 0.2) is 0 Å². The summed E-state index contributed by atoms with van der Waals surface area (Å²) in [5.41, 5.74) is 1.58. The van der Waals surface area contributed by atoms with E-state index in [-0.39, 0.29) is 18.4 Å². The average Bonchev–Trinajstić information content (AvgIpc) is 3.10. The van der Waals surface area contributed by atoms with Crippen LogP contribution < -0.4 is 10.2 Å². The Morgan fingerprint density at radius 3 is 3.00 bits per heavy atom. The summed E-state index contributed by atoms with van der Waals surface area (Å²) in [5, 5.41) is 8.00. The molecule has 0 bridgehead atoms. The number of anilines is 1. The van der Waals surface area contributed by atoms with Gasteiger partial charge in [0.25, 0.3) is 0 Å².